The molecule has 5 nitrogen and oxygen atoms in total. The second-order valence-corrected chi connectivity index (χ2v) is 21.5. The summed E-state index contributed by atoms with van der Waals surface area (Å²) in [6.07, 6.45) is 1.87. The fraction of sp³-hybridized carbons (Fsp3) is 0.197. The third kappa shape index (κ3) is 8.65. The molecule has 0 saturated heterocycles. The van der Waals surface area contributed by atoms with Gasteiger partial charge >= 0.3 is 0 Å². The molecule has 0 atom stereocenters. The molecule has 0 spiro atoms. The lowest BCUT2D eigenvalue weighted by atomic mass is 9.85. The molecule has 11 rings (SSSR count). The van der Waals surface area contributed by atoms with Crippen molar-refractivity contribution in [2.75, 3.05) is 16.5 Å². The van der Waals surface area contributed by atoms with E-state index >= 15 is 0 Å². The van der Waals surface area contributed by atoms with Gasteiger partial charge in [-0.3, -0.25) is 4.57 Å². The number of benzene rings is 8. The average molecular weight is 935 g/mol. The summed E-state index contributed by atoms with van der Waals surface area (Å²) in [6.45, 7) is 18.7. The minimum atomic E-state index is -0.706. The monoisotopic (exact) mass is 935 g/mol. The summed E-state index contributed by atoms with van der Waals surface area (Å²) in [5.74, 6) is 2.04. The molecule has 2 aromatic heterocycles. The van der Waals surface area contributed by atoms with Crippen molar-refractivity contribution >= 4 is 44.6 Å². The molecule has 5 heteroatoms. The predicted molar refractivity (Wildman–Crippen MR) is 300 cm³/mol. The van der Waals surface area contributed by atoms with Gasteiger partial charge in [-0.1, -0.05) is 190 Å². The van der Waals surface area contributed by atoms with E-state index in [0.29, 0.717) is 39.4 Å². The van der Waals surface area contributed by atoms with Crippen LogP contribution < -0.4 is 14.5 Å². The number of nitrogens with zero attached hydrogens (tertiary/aromatic N) is 4. The molecule has 0 radical (unpaired) electrons. The molecule has 0 fully saturated rings. The van der Waals surface area contributed by atoms with Crippen LogP contribution in [0.4, 0.5) is 22.7 Å². The van der Waals surface area contributed by atoms with Crippen LogP contribution in [0.25, 0.3) is 61.0 Å². The minimum Gasteiger partial charge on any atom is -0.457 e. The summed E-state index contributed by atoms with van der Waals surface area (Å²) in [4.78, 5) is 9.00. The number of hydrogen-bond acceptors (Lipinski definition) is 4. The molecule has 10 aromatic rings. The molecule has 0 N–H and O–H groups in total. The maximum atomic E-state index is 9.72. The average Bonchev–Trinajstić information content (AvgIpc) is 4.23. The van der Waals surface area contributed by atoms with E-state index < -0.39 is 5.41 Å². The second-order valence-electron chi connectivity index (χ2n) is 21.5. The maximum Gasteiger partial charge on any atom is 0.137 e. The largest absolute Gasteiger partial charge is 0.457 e. The maximum absolute atomic E-state index is 9.72. The van der Waals surface area contributed by atoms with E-state index in [2.05, 4.69) is 87.4 Å². The first kappa shape index (κ1) is 37.0. The second kappa shape index (κ2) is 17.5. The zero-order valence-corrected chi connectivity index (χ0v) is 41.8. The van der Waals surface area contributed by atoms with E-state index in [-0.39, 0.29) is 82.5 Å². The first-order valence-electron chi connectivity index (χ1n) is 28.3. The lowest BCUT2D eigenvalue weighted by molar-refractivity contribution is 0.483. The van der Waals surface area contributed by atoms with Crippen LogP contribution in [0.1, 0.15) is 90.0 Å². The molecule has 0 saturated carbocycles. The fourth-order valence-electron chi connectivity index (χ4n) is 9.53. The van der Waals surface area contributed by atoms with Gasteiger partial charge in [-0.2, -0.15) is 0 Å². The summed E-state index contributed by atoms with van der Waals surface area (Å²) in [5.41, 5.74) is 7.87. The first-order valence-corrected chi connectivity index (χ1v) is 24.3. The summed E-state index contributed by atoms with van der Waals surface area (Å²) in [7, 11) is 0. The van der Waals surface area contributed by atoms with E-state index in [0.717, 1.165) is 50.2 Å². The molecule has 71 heavy (non-hydrogen) atoms. The number of pyridine rings is 1. The number of aromatic nitrogens is 2. The number of hydrogen-bond donors (Lipinski definition) is 0. The normalized spacial score (nSPS) is 14.6. The quantitative estimate of drug-likeness (QED) is 0.152. The van der Waals surface area contributed by atoms with Crippen molar-refractivity contribution in [1.82, 2.24) is 9.55 Å². The zero-order valence-electron chi connectivity index (χ0n) is 49.8. The predicted octanol–water partition coefficient (Wildman–Crippen LogP) is 18.1. The molecule has 8 aromatic carbocycles. The highest BCUT2D eigenvalue weighted by Gasteiger charge is 2.32. The van der Waals surface area contributed by atoms with Gasteiger partial charge < -0.3 is 14.5 Å². The summed E-state index contributed by atoms with van der Waals surface area (Å²) >= 11 is 0. The third-order valence-corrected chi connectivity index (χ3v) is 13.5. The Morgan fingerprint density at radius 3 is 1.70 bits per heavy atom. The lowest BCUT2D eigenvalue weighted by Gasteiger charge is -2.27. The van der Waals surface area contributed by atoms with Crippen molar-refractivity contribution in [2.45, 2.75) is 78.6 Å². The van der Waals surface area contributed by atoms with E-state index in [1.165, 1.54) is 5.56 Å². The first-order chi connectivity index (χ1) is 37.4. The Morgan fingerprint density at radius 1 is 0.451 bits per heavy atom. The standard InChI is InChI=1S/C66H62N4O/c1-64(2,3)48-32-28-45(29-33-48)44-24-26-46(27-25-44)54-19-15-20-55(47-30-34-49(35-31-47)65(4,5)6)63(54)69-43-68(59-22-12-13-23-60(59)69)51-16-14-17-52(41-51)71-53-36-37-57-56-18-10-11-21-58(56)70(61(57)42-53)62-40-50(38-39-67-62)66(7,8)9/h10-42H,43H2,1-9H3/i24D,25D,26D,27D,30D,31D,34D,35D. The summed E-state index contributed by atoms with van der Waals surface area (Å²) in [6, 6.07) is 45.6. The van der Waals surface area contributed by atoms with Crippen molar-refractivity contribution in [3.63, 3.8) is 0 Å². The van der Waals surface area contributed by atoms with E-state index in [1.54, 1.807) is 18.2 Å². The van der Waals surface area contributed by atoms with Gasteiger partial charge in [-0.05, 0) is 110 Å². The van der Waals surface area contributed by atoms with Crippen LogP contribution in [-0.4, -0.2) is 16.2 Å². The summed E-state index contributed by atoms with van der Waals surface area (Å²) in [5, 5.41) is 2.18. The van der Waals surface area contributed by atoms with Crippen LogP contribution in [-0.2, 0) is 16.2 Å². The van der Waals surface area contributed by atoms with Crippen LogP contribution in [0.2, 0.25) is 0 Å². The smallest absolute Gasteiger partial charge is 0.137 e. The Morgan fingerprint density at radius 2 is 1.03 bits per heavy atom. The van der Waals surface area contributed by atoms with Crippen LogP contribution in [0.3, 0.4) is 0 Å². The third-order valence-electron chi connectivity index (χ3n) is 13.5. The van der Waals surface area contributed by atoms with Gasteiger partial charge in [0.15, 0.2) is 0 Å². The number of anilines is 4. The number of para-hydroxylation sites is 4. The molecule has 1 aliphatic rings. The van der Waals surface area contributed by atoms with Gasteiger partial charge in [0.25, 0.3) is 0 Å². The van der Waals surface area contributed by atoms with Crippen molar-refractivity contribution in [1.29, 1.82) is 0 Å². The minimum absolute atomic E-state index is 0.0449. The van der Waals surface area contributed by atoms with Gasteiger partial charge in [0, 0.05) is 45.9 Å². The van der Waals surface area contributed by atoms with Crippen molar-refractivity contribution in [3.05, 3.63) is 217 Å². The Bertz CT molecular complexity index is 4030. The number of fused-ring (bicyclic) bond motifs is 4. The molecular formula is C66H62N4O. The molecule has 0 bridgehead atoms. The Balaban J connectivity index is 1.05. The van der Waals surface area contributed by atoms with E-state index in [9.17, 15) is 11.0 Å². The van der Waals surface area contributed by atoms with Gasteiger partial charge in [0.05, 0.1) is 39.1 Å². The van der Waals surface area contributed by atoms with Gasteiger partial charge in [-0.25, -0.2) is 4.98 Å². The molecule has 1 aliphatic heterocycles. The van der Waals surface area contributed by atoms with Crippen LogP contribution in [0.5, 0.6) is 11.5 Å². The lowest BCUT2D eigenvalue weighted by Crippen LogP contribution is -2.25. The zero-order chi connectivity index (χ0) is 56.2. The number of ether oxygens (including phenoxy) is 1. The van der Waals surface area contributed by atoms with Crippen molar-refractivity contribution in [2.24, 2.45) is 0 Å². The SMILES string of the molecule is [2H]c1c([2H])c(-c2cccc(-c3c([2H])c([2H])c(C(C)(C)C)c([2H])c3[2H])c2N2CN(c3cccc(Oc4ccc5c6ccccc6n(-c6cc(C(C)(C)C)ccn6)c5c4)c3)c3ccccc32)c([2H])c([2H])c1-c1ccc(C(C)(C)C)cc1. The Kier molecular flexibility index (Phi) is 9.12. The van der Waals surface area contributed by atoms with E-state index in [4.69, 9.17) is 9.72 Å². The molecule has 0 aliphatic carbocycles. The van der Waals surface area contributed by atoms with Crippen molar-refractivity contribution in [3.8, 4) is 50.7 Å². The highest BCUT2D eigenvalue weighted by atomic mass is 16.5. The van der Waals surface area contributed by atoms with Crippen LogP contribution >= 0.6 is 0 Å². The molecule has 0 unspecified atom stereocenters. The molecule has 352 valence electrons. The topological polar surface area (TPSA) is 33.5 Å². The molecular weight excluding hydrogens is 865 g/mol. The number of rotatable bonds is 8. The highest BCUT2D eigenvalue weighted by molar-refractivity contribution is 6.09. The Hall–Kier alpha value is -7.89. The molecule has 3 heterocycles. The fourth-order valence-corrected chi connectivity index (χ4v) is 9.53. The van der Waals surface area contributed by atoms with Crippen LogP contribution in [0, 0.1) is 0 Å². The van der Waals surface area contributed by atoms with Gasteiger partial charge in [-0.15, -0.1) is 0 Å². The van der Waals surface area contributed by atoms with E-state index in [1.807, 2.05) is 123 Å². The van der Waals surface area contributed by atoms with Gasteiger partial charge in [0.1, 0.15) is 24.0 Å². The van der Waals surface area contributed by atoms with Gasteiger partial charge in [0.2, 0.25) is 0 Å². The van der Waals surface area contributed by atoms with Crippen LogP contribution in [0.15, 0.2) is 200 Å². The molecule has 0 amide bonds. The van der Waals surface area contributed by atoms with Crippen molar-refractivity contribution < 1.29 is 15.7 Å². The highest BCUT2D eigenvalue weighted by Crippen LogP contribution is 2.51. The Labute approximate surface area is 430 Å². The summed E-state index contributed by atoms with van der Waals surface area (Å²) < 4.78 is 85.2.